The first-order chi connectivity index (χ1) is 10.6. The van der Waals surface area contributed by atoms with Crippen molar-refractivity contribution in [1.82, 2.24) is 9.97 Å². The number of nitrogens with zero attached hydrogens (tertiary/aromatic N) is 2. The fourth-order valence-electron chi connectivity index (χ4n) is 2.15. The zero-order chi connectivity index (χ0) is 15.5. The van der Waals surface area contributed by atoms with E-state index in [0.29, 0.717) is 5.75 Å². The third-order valence-electron chi connectivity index (χ3n) is 3.40. The molecular formula is C18H16N2O2. The Kier molecular flexibility index (Phi) is 3.83. The zero-order valence-electron chi connectivity index (χ0n) is 12.5. The van der Waals surface area contributed by atoms with Gasteiger partial charge < -0.3 is 4.74 Å². The first-order valence-electron chi connectivity index (χ1n) is 7.14. The van der Waals surface area contributed by atoms with Gasteiger partial charge in [0.15, 0.2) is 0 Å². The van der Waals surface area contributed by atoms with Crippen molar-refractivity contribution in [2.45, 2.75) is 13.8 Å². The van der Waals surface area contributed by atoms with Crippen LogP contribution in [0.3, 0.4) is 0 Å². The van der Waals surface area contributed by atoms with Crippen LogP contribution in [0.1, 0.15) is 13.8 Å². The van der Waals surface area contributed by atoms with E-state index in [1.54, 1.807) is 12.4 Å². The molecule has 0 amide bonds. The fourth-order valence-corrected chi connectivity index (χ4v) is 2.15. The molecule has 4 nitrogen and oxygen atoms in total. The number of carbonyl (C=O) groups excluding carboxylic acids is 1. The summed E-state index contributed by atoms with van der Waals surface area (Å²) in [6.45, 7) is 3.63. The van der Waals surface area contributed by atoms with Crippen LogP contribution in [-0.2, 0) is 4.79 Å². The minimum atomic E-state index is -0.225. The van der Waals surface area contributed by atoms with E-state index in [4.69, 9.17) is 4.74 Å². The Morgan fingerprint density at radius 2 is 1.64 bits per heavy atom. The molecule has 0 unspecified atom stereocenters. The van der Waals surface area contributed by atoms with Crippen LogP contribution in [-0.4, -0.2) is 15.9 Å². The lowest BCUT2D eigenvalue weighted by atomic mass is 10.0. The van der Waals surface area contributed by atoms with Crippen LogP contribution in [0.4, 0.5) is 0 Å². The molecule has 0 bridgehead atoms. The predicted octanol–water partition coefficient (Wildman–Crippen LogP) is 3.86. The Balaban J connectivity index is 1.93. The van der Waals surface area contributed by atoms with E-state index in [0.717, 1.165) is 21.9 Å². The van der Waals surface area contributed by atoms with Gasteiger partial charge in [0.05, 0.1) is 5.92 Å². The molecule has 1 aromatic heterocycles. The molecule has 0 fully saturated rings. The highest BCUT2D eigenvalue weighted by atomic mass is 16.5. The monoisotopic (exact) mass is 292 g/mol. The molecule has 4 heteroatoms. The van der Waals surface area contributed by atoms with Gasteiger partial charge in [0, 0.05) is 18.0 Å². The van der Waals surface area contributed by atoms with Crippen LogP contribution < -0.4 is 4.74 Å². The SMILES string of the molecule is CC(C)C(=O)Oc1ccc2cc(-c3cncnc3)ccc2c1. The molecule has 0 radical (unpaired) electrons. The largest absolute Gasteiger partial charge is 0.426 e. The molecule has 0 atom stereocenters. The Hall–Kier alpha value is -2.75. The molecule has 0 N–H and O–H groups in total. The van der Waals surface area contributed by atoms with Crippen molar-refractivity contribution in [2.24, 2.45) is 5.92 Å². The van der Waals surface area contributed by atoms with E-state index in [2.05, 4.69) is 16.0 Å². The molecule has 0 aliphatic rings. The molecule has 3 aromatic rings. The first-order valence-corrected chi connectivity index (χ1v) is 7.14. The van der Waals surface area contributed by atoms with Crippen molar-refractivity contribution >= 4 is 16.7 Å². The van der Waals surface area contributed by atoms with Crippen molar-refractivity contribution in [2.75, 3.05) is 0 Å². The van der Waals surface area contributed by atoms with Gasteiger partial charge in [-0.15, -0.1) is 0 Å². The van der Waals surface area contributed by atoms with Crippen LogP contribution >= 0.6 is 0 Å². The molecule has 110 valence electrons. The lowest BCUT2D eigenvalue weighted by molar-refractivity contribution is -0.137. The lowest BCUT2D eigenvalue weighted by Crippen LogP contribution is -2.14. The molecule has 0 saturated carbocycles. The average Bonchev–Trinajstić information content (AvgIpc) is 2.55. The van der Waals surface area contributed by atoms with Crippen molar-refractivity contribution in [1.29, 1.82) is 0 Å². The van der Waals surface area contributed by atoms with Crippen molar-refractivity contribution in [3.05, 3.63) is 55.1 Å². The maximum Gasteiger partial charge on any atom is 0.313 e. The summed E-state index contributed by atoms with van der Waals surface area (Å²) in [5, 5.41) is 2.10. The van der Waals surface area contributed by atoms with Gasteiger partial charge in [-0.2, -0.15) is 0 Å². The molecular weight excluding hydrogens is 276 g/mol. The van der Waals surface area contributed by atoms with Crippen molar-refractivity contribution < 1.29 is 9.53 Å². The topological polar surface area (TPSA) is 52.1 Å². The highest BCUT2D eigenvalue weighted by molar-refractivity contribution is 5.88. The van der Waals surface area contributed by atoms with E-state index in [1.165, 1.54) is 6.33 Å². The fraction of sp³-hybridized carbons (Fsp3) is 0.167. The van der Waals surface area contributed by atoms with Crippen molar-refractivity contribution in [3.8, 4) is 16.9 Å². The zero-order valence-corrected chi connectivity index (χ0v) is 12.5. The highest BCUT2D eigenvalue weighted by Crippen LogP contribution is 2.26. The molecule has 0 aliphatic heterocycles. The number of hydrogen-bond acceptors (Lipinski definition) is 4. The second-order valence-electron chi connectivity index (χ2n) is 5.43. The number of benzene rings is 2. The Labute approximate surface area is 128 Å². The van der Waals surface area contributed by atoms with Gasteiger partial charge in [0.25, 0.3) is 0 Å². The van der Waals surface area contributed by atoms with Crippen LogP contribution in [0.15, 0.2) is 55.1 Å². The molecule has 0 saturated heterocycles. The number of ether oxygens (including phenoxy) is 1. The number of aromatic nitrogens is 2. The summed E-state index contributed by atoms with van der Waals surface area (Å²) in [6.07, 6.45) is 5.08. The van der Waals surface area contributed by atoms with Crippen LogP contribution in [0.5, 0.6) is 5.75 Å². The van der Waals surface area contributed by atoms with Gasteiger partial charge in [0.1, 0.15) is 12.1 Å². The van der Waals surface area contributed by atoms with Crippen LogP contribution in [0.25, 0.3) is 21.9 Å². The number of hydrogen-bond donors (Lipinski definition) is 0. The molecule has 2 aromatic carbocycles. The molecule has 3 rings (SSSR count). The predicted molar refractivity (Wildman–Crippen MR) is 85.4 cm³/mol. The number of rotatable bonds is 3. The Morgan fingerprint density at radius 1 is 0.955 bits per heavy atom. The Bertz CT molecular complexity index is 814. The quantitative estimate of drug-likeness (QED) is 0.543. The van der Waals surface area contributed by atoms with Crippen molar-refractivity contribution in [3.63, 3.8) is 0 Å². The van der Waals surface area contributed by atoms with E-state index in [9.17, 15) is 4.79 Å². The third kappa shape index (κ3) is 2.96. The van der Waals surface area contributed by atoms with E-state index in [1.807, 2.05) is 44.2 Å². The van der Waals surface area contributed by atoms with Gasteiger partial charge in [-0.1, -0.05) is 32.0 Å². The maximum atomic E-state index is 11.7. The van der Waals surface area contributed by atoms with Gasteiger partial charge in [0.2, 0.25) is 0 Å². The molecule has 0 aliphatic carbocycles. The summed E-state index contributed by atoms with van der Waals surface area (Å²) in [6, 6.07) is 11.7. The van der Waals surface area contributed by atoms with Gasteiger partial charge in [-0.05, 0) is 34.5 Å². The highest BCUT2D eigenvalue weighted by Gasteiger charge is 2.10. The minimum Gasteiger partial charge on any atom is -0.426 e. The van der Waals surface area contributed by atoms with Gasteiger partial charge >= 0.3 is 5.97 Å². The smallest absolute Gasteiger partial charge is 0.313 e. The summed E-state index contributed by atoms with van der Waals surface area (Å²) < 4.78 is 5.34. The van der Waals surface area contributed by atoms with E-state index in [-0.39, 0.29) is 11.9 Å². The minimum absolute atomic E-state index is 0.142. The maximum absolute atomic E-state index is 11.7. The van der Waals surface area contributed by atoms with Crippen LogP contribution in [0.2, 0.25) is 0 Å². The number of fused-ring (bicyclic) bond motifs is 1. The van der Waals surface area contributed by atoms with Gasteiger partial charge in [-0.25, -0.2) is 9.97 Å². The lowest BCUT2D eigenvalue weighted by Gasteiger charge is -2.08. The standard InChI is InChI=1S/C18H16N2O2/c1-12(2)18(21)22-17-6-5-13-7-14(3-4-15(13)8-17)16-9-19-11-20-10-16/h3-12H,1-2H3. The molecule has 1 heterocycles. The summed E-state index contributed by atoms with van der Waals surface area (Å²) in [5.41, 5.74) is 2.03. The first kappa shape index (κ1) is 14.2. The molecule has 22 heavy (non-hydrogen) atoms. The number of carbonyl (C=O) groups is 1. The average molecular weight is 292 g/mol. The van der Waals surface area contributed by atoms with E-state index < -0.39 is 0 Å². The molecule has 0 spiro atoms. The second-order valence-corrected chi connectivity index (χ2v) is 5.43. The second kappa shape index (κ2) is 5.93. The summed E-state index contributed by atoms with van der Waals surface area (Å²) in [5.74, 6) is 0.204. The van der Waals surface area contributed by atoms with E-state index >= 15 is 0 Å². The van der Waals surface area contributed by atoms with Crippen LogP contribution in [0, 0.1) is 5.92 Å². The third-order valence-corrected chi connectivity index (χ3v) is 3.40. The normalized spacial score (nSPS) is 10.9. The number of esters is 1. The summed E-state index contributed by atoms with van der Waals surface area (Å²) >= 11 is 0. The summed E-state index contributed by atoms with van der Waals surface area (Å²) in [7, 11) is 0. The summed E-state index contributed by atoms with van der Waals surface area (Å²) in [4.78, 5) is 19.7. The Morgan fingerprint density at radius 3 is 2.36 bits per heavy atom. The van der Waals surface area contributed by atoms with Gasteiger partial charge in [-0.3, -0.25) is 4.79 Å².